The number of benzene rings is 1. The maximum atomic E-state index is 12.6. The van der Waals surface area contributed by atoms with E-state index in [1.807, 2.05) is 26.8 Å². The number of rotatable bonds is 5. The number of amides is 1. The predicted octanol–water partition coefficient (Wildman–Crippen LogP) is 3.56. The first-order valence-corrected chi connectivity index (χ1v) is 9.73. The Bertz CT molecular complexity index is 871. The molecule has 0 atom stereocenters. The summed E-state index contributed by atoms with van der Waals surface area (Å²) in [6.07, 6.45) is -4.45. The average molecular weight is 427 g/mol. The molecule has 0 saturated carbocycles. The highest BCUT2D eigenvalue weighted by Crippen LogP contribution is 2.29. The smallest absolute Gasteiger partial charge is 0.352 e. The number of hydrogen-bond donors (Lipinski definition) is 3. The van der Waals surface area contributed by atoms with Crippen molar-refractivity contribution in [1.29, 1.82) is 0 Å². The minimum atomic E-state index is -4.45. The molecule has 1 aromatic carbocycles. The molecule has 158 valence electrons. The third-order valence-electron chi connectivity index (χ3n) is 3.61. The molecule has 2 rings (SSSR count). The van der Waals surface area contributed by atoms with Gasteiger partial charge in [-0.15, -0.1) is 11.3 Å². The quantitative estimate of drug-likeness (QED) is 0.504. The van der Waals surface area contributed by atoms with Gasteiger partial charge in [0.05, 0.1) is 6.54 Å². The van der Waals surface area contributed by atoms with Gasteiger partial charge in [-0.2, -0.15) is 13.2 Å². The summed E-state index contributed by atoms with van der Waals surface area (Å²) in [7, 11) is 1.56. The van der Waals surface area contributed by atoms with E-state index in [1.165, 1.54) is 0 Å². The first kappa shape index (κ1) is 22.7. The zero-order valence-corrected chi connectivity index (χ0v) is 17.5. The number of nitrogens with zero attached hydrogens (tertiary/aromatic N) is 2. The SMILES string of the molecule is CN=C(NCc1cccc(C(=O)NC(C)(C)C)c1)NCc1nc(C(F)(F)F)cs1. The van der Waals surface area contributed by atoms with Crippen molar-refractivity contribution >= 4 is 23.2 Å². The van der Waals surface area contributed by atoms with Crippen molar-refractivity contribution in [3.8, 4) is 0 Å². The Balaban J connectivity index is 1.92. The molecule has 2 aromatic rings. The summed E-state index contributed by atoms with van der Waals surface area (Å²) < 4.78 is 37.8. The van der Waals surface area contributed by atoms with Crippen LogP contribution in [-0.2, 0) is 19.3 Å². The Hall–Kier alpha value is -2.62. The summed E-state index contributed by atoms with van der Waals surface area (Å²) in [5.74, 6) is 0.254. The summed E-state index contributed by atoms with van der Waals surface area (Å²) >= 11 is 0.932. The number of guanidine groups is 1. The number of nitrogens with one attached hydrogen (secondary N) is 3. The molecule has 0 bridgehead atoms. The molecule has 1 heterocycles. The largest absolute Gasteiger partial charge is 0.434 e. The van der Waals surface area contributed by atoms with Crippen LogP contribution in [0, 0.1) is 0 Å². The Kier molecular flexibility index (Phi) is 7.23. The standard InChI is InChI=1S/C19H24F3N5OS/c1-18(2,3)27-16(28)13-7-5-6-12(8-13)9-24-17(23-4)25-10-15-26-14(11-29-15)19(20,21)22/h5-8,11H,9-10H2,1-4H3,(H,27,28)(H2,23,24,25). The van der Waals surface area contributed by atoms with Gasteiger partial charge in [0.2, 0.25) is 0 Å². The van der Waals surface area contributed by atoms with Crippen LogP contribution in [0.4, 0.5) is 13.2 Å². The highest BCUT2D eigenvalue weighted by Gasteiger charge is 2.33. The second-order valence-electron chi connectivity index (χ2n) is 7.31. The number of alkyl halides is 3. The second-order valence-corrected chi connectivity index (χ2v) is 8.25. The van der Waals surface area contributed by atoms with Gasteiger partial charge in [0.25, 0.3) is 5.91 Å². The van der Waals surface area contributed by atoms with E-state index in [1.54, 1.807) is 25.2 Å². The third kappa shape index (κ3) is 7.37. The van der Waals surface area contributed by atoms with Crippen LogP contribution in [0.5, 0.6) is 0 Å². The monoisotopic (exact) mass is 427 g/mol. The van der Waals surface area contributed by atoms with E-state index in [-0.39, 0.29) is 18.0 Å². The van der Waals surface area contributed by atoms with E-state index in [0.717, 1.165) is 22.3 Å². The van der Waals surface area contributed by atoms with E-state index < -0.39 is 11.9 Å². The van der Waals surface area contributed by atoms with Crippen LogP contribution in [-0.4, -0.2) is 29.4 Å². The zero-order valence-electron chi connectivity index (χ0n) is 16.6. The number of carbonyl (C=O) groups is 1. The minimum absolute atomic E-state index is 0.119. The lowest BCUT2D eigenvalue weighted by molar-refractivity contribution is -0.140. The van der Waals surface area contributed by atoms with Crippen LogP contribution in [0.2, 0.25) is 0 Å². The summed E-state index contributed by atoms with van der Waals surface area (Å²) in [4.78, 5) is 19.9. The van der Waals surface area contributed by atoms with Gasteiger partial charge in [-0.25, -0.2) is 4.98 Å². The topological polar surface area (TPSA) is 78.4 Å². The molecule has 29 heavy (non-hydrogen) atoms. The minimum Gasteiger partial charge on any atom is -0.352 e. The summed E-state index contributed by atoms with van der Waals surface area (Å²) in [5.41, 5.74) is 0.180. The number of thiazole rings is 1. The number of halogens is 3. The molecule has 1 aromatic heterocycles. The van der Waals surface area contributed by atoms with Crippen molar-refractivity contribution < 1.29 is 18.0 Å². The van der Waals surface area contributed by atoms with Crippen molar-refractivity contribution in [2.75, 3.05) is 7.05 Å². The first-order valence-electron chi connectivity index (χ1n) is 8.85. The summed E-state index contributed by atoms with van der Waals surface area (Å²) in [6, 6.07) is 7.17. The first-order chi connectivity index (χ1) is 13.5. The van der Waals surface area contributed by atoms with Crippen LogP contribution in [0.1, 0.15) is 47.4 Å². The van der Waals surface area contributed by atoms with Crippen molar-refractivity contribution in [1.82, 2.24) is 20.9 Å². The van der Waals surface area contributed by atoms with E-state index in [9.17, 15) is 18.0 Å². The fourth-order valence-corrected chi connectivity index (χ4v) is 3.06. The molecule has 0 aliphatic rings. The molecule has 0 aliphatic heterocycles. The zero-order chi connectivity index (χ0) is 21.7. The van der Waals surface area contributed by atoms with Gasteiger partial charge >= 0.3 is 6.18 Å². The number of hydrogen-bond acceptors (Lipinski definition) is 4. The fourth-order valence-electron chi connectivity index (χ4n) is 2.32. The average Bonchev–Trinajstić information content (AvgIpc) is 3.10. The van der Waals surface area contributed by atoms with E-state index in [2.05, 4.69) is 25.9 Å². The van der Waals surface area contributed by atoms with Gasteiger partial charge in [-0.3, -0.25) is 9.79 Å². The Morgan fingerprint density at radius 2 is 1.86 bits per heavy atom. The van der Waals surface area contributed by atoms with E-state index in [4.69, 9.17) is 0 Å². The number of aliphatic imine (C=N–C) groups is 1. The molecule has 3 N–H and O–H groups in total. The lowest BCUT2D eigenvalue weighted by Crippen LogP contribution is -2.40. The normalized spacial score (nSPS) is 12.6. The van der Waals surface area contributed by atoms with Gasteiger partial charge in [0.15, 0.2) is 11.7 Å². The van der Waals surface area contributed by atoms with E-state index >= 15 is 0 Å². The van der Waals surface area contributed by atoms with Gasteiger partial charge in [0.1, 0.15) is 5.01 Å². The maximum Gasteiger partial charge on any atom is 0.434 e. The third-order valence-corrected chi connectivity index (χ3v) is 4.46. The molecule has 0 radical (unpaired) electrons. The Labute approximate surface area is 171 Å². The lowest BCUT2D eigenvalue weighted by Gasteiger charge is -2.20. The molecule has 6 nitrogen and oxygen atoms in total. The Morgan fingerprint density at radius 3 is 2.45 bits per heavy atom. The van der Waals surface area contributed by atoms with Crippen LogP contribution >= 0.6 is 11.3 Å². The highest BCUT2D eigenvalue weighted by atomic mass is 32.1. The van der Waals surface area contributed by atoms with Gasteiger partial charge in [-0.1, -0.05) is 12.1 Å². The van der Waals surface area contributed by atoms with Crippen molar-refractivity contribution in [2.24, 2.45) is 4.99 Å². The molecule has 0 aliphatic carbocycles. The molecule has 1 amide bonds. The molecule has 0 saturated heterocycles. The number of aromatic nitrogens is 1. The molecule has 0 unspecified atom stereocenters. The van der Waals surface area contributed by atoms with Crippen molar-refractivity contribution in [3.05, 3.63) is 51.5 Å². The molecule has 0 fully saturated rings. The van der Waals surface area contributed by atoms with Crippen LogP contribution in [0.25, 0.3) is 0 Å². The maximum absolute atomic E-state index is 12.6. The van der Waals surface area contributed by atoms with Gasteiger partial charge in [0, 0.05) is 30.1 Å². The Morgan fingerprint density at radius 1 is 1.17 bits per heavy atom. The summed E-state index contributed by atoms with van der Waals surface area (Å²) in [5, 5.41) is 10.2. The molecular formula is C19H24F3N5OS. The van der Waals surface area contributed by atoms with Crippen LogP contribution in [0.3, 0.4) is 0 Å². The van der Waals surface area contributed by atoms with Gasteiger partial charge < -0.3 is 16.0 Å². The van der Waals surface area contributed by atoms with Crippen molar-refractivity contribution in [3.63, 3.8) is 0 Å². The highest BCUT2D eigenvalue weighted by molar-refractivity contribution is 7.09. The molecular weight excluding hydrogens is 403 g/mol. The molecule has 0 spiro atoms. The van der Waals surface area contributed by atoms with Crippen LogP contribution < -0.4 is 16.0 Å². The van der Waals surface area contributed by atoms with Crippen molar-refractivity contribution in [2.45, 2.75) is 45.6 Å². The van der Waals surface area contributed by atoms with Gasteiger partial charge in [-0.05, 0) is 38.5 Å². The summed E-state index contributed by atoms with van der Waals surface area (Å²) in [6.45, 7) is 6.24. The number of carbonyl (C=O) groups excluding carboxylic acids is 1. The molecule has 10 heteroatoms. The van der Waals surface area contributed by atoms with Crippen LogP contribution in [0.15, 0.2) is 34.6 Å². The lowest BCUT2D eigenvalue weighted by atomic mass is 10.1. The van der Waals surface area contributed by atoms with E-state index in [0.29, 0.717) is 23.1 Å². The second kappa shape index (κ2) is 9.25. The predicted molar refractivity (Wildman–Crippen MR) is 108 cm³/mol. The fraction of sp³-hybridized carbons (Fsp3) is 0.421.